The van der Waals surface area contributed by atoms with E-state index in [1.807, 2.05) is 36.4 Å². The van der Waals surface area contributed by atoms with Gasteiger partial charge in [0.15, 0.2) is 0 Å². The number of rotatable bonds is 2. The van der Waals surface area contributed by atoms with E-state index in [9.17, 15) is 0 Å². The molecule has 0 saturated carbocycles. The summed E-state index contributed by atoms with van der Waals surface area (Å²) in [6.45, 7) is 8.00. The van der Waals surface area contributed by atoms with Gasteiger partial charge in [-0.05, 0) is 25.5 Å². The van der Waals surface area contributed by atoms with Crippen molar-refractivity contribution in [3.63, 3.8) is 0 Å². The van der Waals surface area contributed by atoms with Gasteiger partial charge in [-0.25, -0.2) is 0 Å². The Balaban J connectivity index is 2.95. The Hall–Kier alpha value is -1.74. The molecule has 0 bridgehead atoms. The highest BCUT2D eigenvalue weighted by Gasteiger charge is 1.91. The summed E-state index contributed by atoms with van der Waals surface area (Å²) in [5.41, 5.74) is 3.37. The van der Waals surface area contributed by atoms with Crippen molar-refractivity contribution in [2.45, 2.75) is 20.3 Å². The summed E-state index contributed by atoms with van der Waals surface area (Å²) in [6.07, 6.45) is 2.85. The van der Waals surface area contributed by atoms with Gasteiger partial charge < -0.3 is 0 Å². The van der Waals surface area contributed by atoms with Crippen LogP contribution in [0.25, 0.3) is 0 Å². The molecule has 0 N–H and O–H groups in total. The van der Waals surface area contributed by atoms with Crippen LogP contribution in [0.1, 0.15) is 25.8 Å². The lowest BCUT2D eigenvalue weighted by molar-refractivity contribution is 1.09. The largest absolute Gasteiger partial charge is 0.0978 e. The van der Waals surface area contributed by atoms with Crippen molar-refractivity contribution < 1.29 is 0 Å². The number of hydrogen-bond acceptors (Lipinski definition) is 0. The van der Waals surface area contributed by atoms with Crippen molar-refractivity contribution in [1.29, 1.82) is 0 Å². The molecule has 0 heteroatoms. The zero-order valence-electron chi connectivity index (χ0n) is 9.38. The van der Waals surface area contributed by atoms with Crippen molar-refractivity contribution in [3.05, 3.63) is 59.7 Å². The molecule has 1 aromatic rings. The summed E-state index contributed by atoms with van der Waals surface area (Å²) < 4.78 is 0. The maximum absolute atomic E-state index is 3.78. The van der Waals surface area contributed by atoms with E-state index in [4.69, 9.17) is 0 Å². The number of allylic oxidation sites excluding steroid dienone is 3. The first-order valence-electron chi connectivity index (χ1n) is 5.17. The molecule has 0 aliphatic carbocycles. The molecule has 0 amide bonds. The van der Waals surface area contributed by atoms with Crippen LogP contribution in [0.3, 0.4) is 0 Å². The minimum Gasteiger partial charge on any atom is -0.0978 e. The Morgan fingerprint density at radius 3 is 2.53 bits per heavy atom. The van der Waals surface area contributed by atoms with E-state index in [0.29, 0.717) is 0 Å². The first-order chi connectivity index (χ1) is 7.27. The zero-order valence-corrected chi connectivity index (χ0v) is 9.38. The molecule has 0 nitrogen and oxygen atoms in total. The third-order valence-electron chi connectivity index (χ3n) is 2.31. The standard InChI is InChI=1S/C15H16/c1-4-13(3)15(5-2)12-11-14-9-7-6-8-10-14/h5-10H,2,4H2,1,3H3/b15-13+. The molecule has 15 heavy (non-hydrogen) atoms. The maximum atomic E-state index is 3.78. The van der Waals surface area contributed by atoms with Crippen LogP contribution in [0, 0.1) is 11.8 Å². The normalized spacial score (nSPS) is 11.1. The van der Waals surface area contributed by atoms with Crippen molar-refractivity contribution >= 4 is 0 Å². The van der Waals surface area contributed by atoms with Gasteiger partial charge in [0.05, 0.1) is 0 Å². The molecule has 0 atom stereocenters. The monoisotopic (exact) mass is 196 g/mol. The molecule has 0 aliphatic heterocycles. The Bertz CT molecular complexity index is 410. The second-order valence-electron chi connectivity index (χ2n) is 3.37. The molecule has 0 aliphatic rings. The molecular weight excluding hydrogens is 180 g/mol. The van der Waals surface area contributed by atoms with Gasteiger partial charge in [-0.15, -0.1) is 0 Å². The van der Waals surface area contributed by atoms with E-state index < -0.39 is 0 Å². The highest BCUT2D eigenvalue weighted by Crippen LogP contribution is 2.08. The van der Waals surface area contributed by atoms with Crippen LogP contribution >= 0.6 is 0 Å². The van der Waals surface area contributed by atoms with Crippen LogP contribution < -0.4 is 0 Å². The number of hydrogen-bond donors (Lipinski definition) is 0. The van der Waals surface area contributed by atoms with Gasteiger partial charge in [0.25, 0.3) is 0 Å². The quantitative estimate of drug-likeness (QED) is 0.496. The lowest BCUT2D eigenvalue weighted by Gasteiger charge is -1.97. The van der Waals surface area contributed by atoms with Crippen LogP contribution in [0.5, 0.6) is 0 Å². The second kappa shape index (κ2) is 5.88. The van der Waals surface area contributed by atoms with Crippen molar-refractivity contribution in [1.82, 2.24) is 0 Å². The van der Waals surface area contributed by atoms with E-state index in [-0.39, 0.29) is 0 Å². The van der Waals surface area contributed by atoms with Gasteiger partial charge in [0.2, 0.25) is 0 Å². The second-order valence-corrected chi connectivity index (χ2v) is 3.37. The lowest BCUT2D eigenvalue weighted by atomic mass is 10.1. The lowest BCUT2D eigenvalue weighted by Crippen LogP contribution is -1.81. The van der Waals surface area contributed by atoms with E-state index in [1.165, 1.54) is 5.57 Å². The fourth-order valence-corrected chi connectivity index (χ4v) is 1.18. The van der Waals surface area contributed by atoms with Gasteiger partial charge >= 0.3 is 0 Å². The highest BCUT2D eigenvalue weighted by molar-refractivity contribution is 5.46. The van der Waals surface area contributed by atoms with Crippen molar-refractivity contribution in [2.75, 3.05) is 0 Å². The molecule has 0 saturated heterocycles. The highest BCUT2D eigenvalue weighted by atomic mass is 14.0. The Kier molecular flexibility index (Phi) is 4.44. The molecule has 1 rings (SSSR count). The minimum absolute atomic E-state index is 1.02. The fourth-order valence-electron chi connectivity index (χ4n) is 1.18. The fraction of sp³-hybridized carbons (Fsp3) is 0.200. The first-order valence-corrected chi connectivity index (χ1v) is 5.17. The topological polar surface area (TPSA) is 0 Å². The Morgan fingerprint density at radius 1 is 1.33 bits per heavy atom. The Labute approximate surface area is 92.3 Å². The van der Waals surface area contributed by atoms with Crippen molar-refractivity contribution in [3.8, 4) is 11.8 Å². The van der Waals surface area contributed by atoms with Gasteiger partial charge in [-0.3, -0.25) is 0 Å². The average Bonchev–Trinajstić information content (AvgIpc) is 2.31. The van der Waals surface area contributed by atoms with Crippen molar-refractivity contribution in [2.24, 2.45) is 0 Å². The summed E-state index contributed by atoms with van der Waals surface area (Å²) in [7, 11) is 0. The van der Waals surface area contributed by atoms with Gasteiger partial charge in [-0.2, -0.15) is 0 Å². The predicted molar refractivity (Wildman–Crippen MR) is 66.5 cm³/mol. The summed E-state index contributed by atoms with van der Waals surface area (Å²) in [5, 5.41) is 0. The van der Waals surface area contributed by atoms with Gasteiger partial charge in [0.1, 0.15) is 0 Å². The molecule has 76 valence electrons. The predicted octanol–water partition coefficient (Wildman–Crippen LogP) is 3.95. The van der Waals surface area contributed by atoms with Crippen LogP contribution in [-0.4, -0.2) is 0 Å². The number of benzene rings is 1. The third-order valence-corrected chi connectivity index (χ3v) is 2.31. The summed E-state index contributed by atoms with van der Waals surface area (Å²) in [4.78, 5) is 0. The van der Waals surface area contributed by atoms with Crippen LogP contribution in [0.4, 0.5) is 0 Å². The molecule has 0 unspecified atom stereocenters. The SMILES string of the molecule is C=C/C(C#Cc1ccccc1)=C(/C)CC. The molecule has 0 radical (unpaired) electrons. The summed E-state index contributed by atoms with van der Waals surface area (Å²) >= 11 is 0. The van der Waals surface area contributed by atoms with Crippen LogP contribution in [0.15, 0.2) is 54.1 Å². The summed E-state index contributed by atoms with van der Waals surface area (Å²) in [6, 6.07) is 10.00. The molecular formula is C15H16. The van der Waals surface area contributed by atoms with E-state index in [1.54, 1.807) is 0 Å². The smallest absolute Gasteiger partial charge is 0.0249 e. The van der Waals surface area contributed by atoms with Gasteiger partial charge in [-0.1, -0.05) is 55.2 Å². The Morgan fingerprint density at radius 2 is 2.00 bits per heavy atom. The molecule has 0 heterocycles. The van der Waals surface area contributed by atoms with E-state index >= 15 is 0 Å². The van der Waals surface area contributed by atoms with E-state index in [2.05, 4.69) is 32.3 Å². The molecule has 0 aromatic heterocycles. The van der Waals surface area contributed by atoms with Crippen LogP contribution in [0.2, 0.25) is 0 Å². The molecule has 0 fully saturated rings. The maximum Gasteiger partial charge on any atom is 0.0249 e. The van der Waals surface area contributed by atoms with Crippen LogP contribution in [-0.2, 0) is 0 Å². The zero-order chi connectivity index (χ0) is 11.1. The summed E-state index contributed by atoms with van der Waals surface area (Å²) in [5.74, 6) is 6.28. The van der Waals surface area contributed by atoms with E-state index in [0.717, 1.165) is 17.6 Å². The molecule has 1 aromatic carbocycles. The minimum atomic E-state index is 1.02. The molecule has 0 spiro atoms. The average molecular weight is 196 g/mol. The van der Waals surface area contributed by atoms with Gasteiger partial charge in [0, 0.05) is 11.1 Å². The first kappa shape index (κ1) is 11.3. The third kappa shape index (κ3) is 3.48.